The molecule has 2 heterocycles. The third kappa shape index (κ3) is 2.06. The molecular formula is C12H9ClN4O2. The summed E-state index contributed by atoms with van der Waals surface area (Å²) in [4.78, 5) is 31.6. The lowest BCUT2D eigenvalue weighted by Crippen LogP contribution is -2.23. The van der Waals surface area contributed by atoms with Crippen LogP contribution in [-0.2, 0) is 6.54 Å². The first kappa shape index (κ1) is 11.7. The molecule has 0 fully saturated rings. The molecule has 7 heteroatoms. The van der Waals surface area contributed by atoms with Gasteiger partial charge in [-0.1, -0.05) is 30.3 Å². The lowest BCUT2D eigenvalue weighted by Gasteiger charge is -2.04. The molecule has 2 N–H and O–H groups in total. The maximum Gasteiger partial charge on any atom is 0.327 e. The quantitative estimate of drug-likeness (QED) is 0.688. The molecule has 3 rings (SSSR count). The number of hydrogen-bond donors (Lipinski definition) is 2. The number of halogens is 1. The van der Waals surface area contributed by atoms with Gasteiger partial charge in [0.2, 0.25) is 5.28 Å². The zero-order valence-electron chi connectivity index (χ0n) is 9.68. The Morgan fingerprint density at radius 2 is 1.89 bits per heavy atom. The first-order chi connectivity index (χ1) is 9.15. The Morgan fingerprint density at radius 1 is 1.16 bits per heavy atom. The van der Waals surface area contributed by atoms with Crippen molar-refractivity contribution in [3.63, 3.8) is 0 Å². The molecule has 2 aromatic heterocycles. The fourth-order valence-electron chi connectivity index (χ4n) is 1.95. The standard InChI is InChI=1S/C12H9ClN4O2/c13-11-14-9-8(10(18)16-12(19)15-9)17(11)6-7-4-2-1-3-5-7/h1-5H,6H2,(H2,15,16,18,19). The lowest BCUT2D eigenvalue weighted by molar-refractivity contribution is 0.820. The van der Waals surface area contributed by atoms with Crippen LogP contribution in [-0.4, -0.2) is 19.5 Å². The van der Waals surface area contributed by atoms with E-state index in [0.29, 0.717) is 6.54 Å². The smallest absolute Gasteiger partial charge is 0.304 e. The van der Waals surface area contributed by atoms with Crippen LogP contribution in [0.5, 0.6) is 0 Å². The van der Waals surface area contributed by atoms with Crippen molar-refractivity contribution in [2.45, 2.75) is 6.54 Å². The van der Waals surface area contributed by atoms with Gasteiger partial charge in [0.05, 0.1) is 6.54 Å². The van der Waals surface area contributed by atoms with Crippen molar-refractivity contribution < 1.29 is 0 Å². The third-order valence-electron chi connectivity index (χ3n) is 2.78. The Bertz CT molecular complexity index is 848. The molecule has 0 radical (unpaired) electrons. The number of rotatable bonds is 2. The molecule has 0 unspecified atom stereocenters. The summed E-state index contributed by atoms with van der Waals surface area (Å²) in [6, 6.07) is 9.54. The first-order valence-electron chi connectivity index (χ1n) is 5.57. The van der Waals surface area contributed by atoms with E-state index in [2.05, 4.69) is 15.0 Å². The second-order valence-electron chi connectivity index (χ2n) is 4.06. The van der Waals surface area contributed by atoms with Crippen molar-refractivity contribution in [2.75, 3.05) is 0 Å². The number of hydrogen-bond acceptors (Lipinski definition) is 3. The number of benzene rings is 1. The average molecular weight is 277 g/mol. The molecular weight excluding hydrogens is 268 g/mol. The SMILES string of the molecule is O=c1[nH]c(=O)c2c(nc(Cl)n2Cc2ccccc2)[nH]1. The largest absolute Gasteiger partial charge is 0.327 e. The molecule has 0 aliphatic heterocycles. The summed E-state index contributed by atoms with van der Waals surface area (Å²) in [6.45, 7) is 0.408. The van der Waals surface area contributed by atoms with Crippen molar-refractivity contribution in [2.24, 2.45) is 0 Å². The van der Waals surface area contributed by atoms with Crippen LogP contribution >= 0.6 is 11.6 Å². The molecule has 6 nitrogen and oxygen atoms in total. The average Bonchev–Trinajstić information content (AvgIpc) is 2.67. The van der Waals surface area contributed by atoms with Crippen molar-refractivity contribution in [3.05, 3.63) is 62.0 Å². The number of fused-ring (bicyclic) bond motifs is 1. The van der Waals surface area contributed by atoms with Gasteiger partial charge in [0.15, 0.2) is 11.2 Å². The predicted octanol–water partition coefficient (Wildman–Crippen LogP) is 1.11. The van der Waals surface area contributed by atoms with Crippen molar-refractivity contribution in [1.29, 1.82) is 0 Å². The highest BCUT2D eigenvalue weighted by Gasteiger charge is 2.13. The van der Waals surface area contributed by atoms with Gasteiger partial charge in [-0.25, -0.2) is 4.79 Å². The number of aromatic nitrogens is 4. The normalized spacial score (nSPS) is 11.0. The Hall–Kier alpha value is -2.34. The van der Waals surface area contributed by atoms with E-state index in [1.54, 1.807) is 4.57 Å². The predicted molar refractivity (Wildman–Crippen MR) is 71.5 cm³/mol. The molecule has 0 saturated carbocycles. The summed E-state index contributed by atoms with van der Waals surface area (Å²) in [5, 5.41) is 0.159. The molecule has 3 aromatic rings. The Balaban J connectivity index is 2.21. The molecule has 1 aromatic carbocycles. The summed E-state index contributed by atoms with van der Waals surface area (Å²) in [6.07, 6.45) is 0. The van der Waals surface area contributed by atoms with Crippen LogP contribution in [0.4, 0.5) is 0 Å². The highest BCUT2D eigenvalue weighted by atomic mass is 35.5. The van der Waals surface area contributed by atoms with Gasteiger partial charge in [0, 0.05) is 0 Å². The molecule has 0 atom stereocenters. The molecule has 0 saturated heterocycles. The fourth-order valence-corrected chi connectivity index (χ4v) is 2.18. The summed E-state index contributed by atoms with van der Waals surface area (Å²) < 4.78 is 1.56. The maximum absolute atomic E-state index is 11.8. The minimum atomic E-state index is -0.599. The van der Waals surface area contributed by atoms with Crippen LogP contribution in [0.1, 0.15) is 5.56 Å². The van der Waals surface area contributed by atoms with Crippen LogP contribution in [0.15, 0.2) is 39.9 Å². The second-order valence-corrected chi connectivity index (χ2v) is 4.40. The molecule has 0 bridgehead atoms. The molecule has 96 valence electrons. The van der Waals surface area contributed by atoms with Gasteiger partial charge in [0.1, 0.15) is 0 Å². The monoisotopic (exact) mass is 276 g/mol. The zero-order chi connectivity index (χ0) is 13.4. The van der Waals surface area contributed by atoms with Crippen LogP contribution < -0.4 is 11.2 Å². The van der Waals surface area contributed by atoms with Gasteiger partial charge in [-0.2, -0.15) is 4.98 Å². The van der Waals surface area contributed by atoms with E-state index in [4.69, 9.17) is 11.6 Å². The Labute approximate surface area is 111 Å². The van der Waals surface area contributed by atoms with Crippen LogP contribution in [0.3, 0.4) is 0 Å². The van der Waals surface area contributed by atoms with Crippen LogP contribution in [0, 0.1) is 0 Å². The molecule has 0 aliphatic carbocycles. The van der Waals surface area contributed by atoms with Crippen molar-refractivity contribution in [3.8, 4) is 0 Å². The maximum atomic E-state index is 11.8. The highest BCUT2D eigenvalue weighted by Crippen LogP contribution is 2.16. The minimum absolute atomic E-state index is 0.159. The van der Waals surface area contributed by atoms with Gasteiger partial charge in [-0.3, -0.25) is 14.8 Å². The summed E-state index contributed by atoms with van der Waals surface area (Å²) in [5.41, 5.74) is 0.324. The van der Waals surface area contributed by atoms with Crippen molar-refractivity contribution in [1.82, 2.24) is 19.5 Å². The van der Waals surface area contributed by atoms with Gasteiger partial charge in [-0.05, 0) is 17.2 Å². The molecule has 0 aliphatic rings. The number of nitrogens with zero attached hydrogens (tertiary/aromatic N) is 2. The van der Waals surface area contributed by atoms with E-state index in [9.17, 15) is 9.59 Å². The minimum Gasteiger partial charge on any atom is -0.304 e. The van der Waals surface area contributed by atoms with E-state index in [0.717, 1.165) is 5.56 Å². The topological polar surface area (TPSA) is 83.5 Å². The highest BCUT2D eigenvalue weighted by molar-refractivity contribution is 6.29. The molecule has 0 amide bonds. The first-order valence-corrected chi connectivity index (χ1v) is 5.95. The van der Waals surface area contributed by atoms with E-state index >= 15 is 0 Å². The van der Waals surface area contributed by atoms with Gasteiger partial charge < -0.3 is 4.57 Å². The number of H-pyrrole nitrogens is 2. The second kappa shape index (κ2) is 4.40. The number of imidazole rings is 1. The van der Waals surface area contributed by atoms with E-state index < -0.39 is 11.2 Å². The fraction of sp³-hybridized carbons (Fsp3) is 0.0833. The van der Waals surface area contributed by atoms with Crippen molar-refractivity contribution >= 4 is 22.8 Å². The van der Waals surface area contributed by atoms with Crippen LogP contribution in [0.2, 0.25) is 5.28 Å². The third-order valence-corrected chi connectivity index (χ3v) is 3.07. The van der Waals surface area contributed by atoms with E-state index in [1.807, 2.05) is 30.3 Å². The summed E-state index contributed by atoms with van der Waals surface area (Å²) in [7, 11) is 0. The Morgan fingerprint density at radius 3 is 2.63 bits per heavy atom. The van der Waals surface area contributed by atoms with E-state index in [1.165, 1.54) is 0 Å². The molecule has 0 spiro atoms. The van der Waals surface area contributed by atoms with Gasteiger partial charge in [0.25, 0.3) is 5.56 Å². The number of nitrogens with one attached hydrogen (secondary N) is 2. The summed E-state index contributed by atoms with van der Waals surface area (Å²) in [5.74, 6) is 0. The molecule has 19 heavy (non-hydrogen) atoms. The zero-order valence-corrected chi connectivity index (χ0v) is 10.4. The number of aromatic amines is 2. The summed E-state index contributed by atoms with van der Waals surface area (Å²) >= 11 is 6.02. The van der Waals surface area contributed by atoms with Gasteiger partial charge >= 0.3 is 5.69 Å². The van der Waals surface area contributed by atoms with Crippen LogP contribution in [0.25, 0.3) is 11.2 Å². The van der Waals surface area contributed by atoms with E-state index in [-0.39, 0.29) is 16.4 Å². The van der Waals surface area contributed by atoms with Gasteiger partial charge in [-0.15, -0.1) is 0 Å². The Kier molecular flexibility index (Phi) is 2.72. The lowest BCUT2D eigenvalue weighted by atomic mass is 10.2.